The van der Waals surface area contributed by atoms with Gasteiger partial charge in [0.1, 0.15) is 6.61 Å². The first-order chi connectivity index (χ1) is 9.31. The van der Waals surface area contributed by atoms with Crippen LogP contribution in [-0.4, -0.2) is 24.8 Å². The molecule has 3 heteroatoms. The molecule has 0 aliphatic carbocycles. The van der Waals surface area contributed by atoms with E-state index in [0.717, 1.165) is 25.7 Å². The van der Waals surface area contributed by atoms with Crippen LogP contribution in [-0.2, 0) is 9.53 Å². The van der Waals surface area contributed by atoms with Gasteiger partial charge in [0.05, 0.1) is 13.5 Å². The lowest BCUT2D eigenvalue weighted by Gasteiger charge is -2.00. The predicted molar refractivity (Wildman–Crippen MR) is 76.2 cm³/mol. The van der Waals surface area contributed by atoms with Crippen LogP contribution in [0.1, 0.15) is 57.8 Å². The highest BCUT2D eigenvalue weighted by Gasteiger charge is 1.98. The molecular weight excluding hydrogens is 240 g/mol. The Hall–Kier alpha value is -1.45. The zero-order valence-electron chi connectivity index (χ0n) is 11.8. The van der Waals surface area contributed by atoms with E-state index in [1.165, 1.54) is 26.4 Å². The molecule has 0 radical (unpaired) electrons. The summed E-state index contributed by atoms with van der Waals surface area (Å²) in [5, 5.41) is 8.42. The molecular formula is C16H24O3. The van der Waals surface area contributed by atoms with E-state index in [1.807, 2.05) is 0 Å². The number of methoxy groups -OCH3 is 1. The van der Waals surface area contributed by atoms with E-state index in [0.29, 0.717) is 12.8 Å². The SMILES string of the molecule is COC(=O)CCCCCCCCC#CCC#CCO. The Kier molecular flexibility index (Phi) is 13.5. The first-order valence-electron chi connectivity index (χ1n) is 6.90. The Labute approximate surface area is 116 Å². The van der Waals surface area contributed by atoms with Crippen molar-refractivity contribution in [2.24, 2.45) is 0 Å². The average Bonchev–Trinajstić information content (AvgIpc) is 2.43. The lowest BCUT2D eigenvalue weighted by molar-refractivity contribution is -0.140. The van der Waals surface area contributed by atoms with Crippen molar-refractivity contribution in [2.45, 2.75) is 57.8 Å². The minimum absolute atomic E-state index is 0.0857. The summed E-state index contributed by atoms with van der Waals surface area (Å²) < 4.78 is 4.58. The molecule has 106 valence electrons. The van der Waals surface area contributed by atoms with Gasteiger partial charge in [-0.05, 0) is 12.8 Å². The summed E-state index contributed by atoms with van der Waals surface area (Å²) in [5.74, 6) is 11.3. The number of carbonyl (C=O) groups excluding carboxylic acids is 1. The highest BCUT2D eigenvalue weighted by atomic mass is 16.5. The number of ether oxygens (including phenoxy) is 1. The monoisotopic (exact) mass is 264 g/mol. The number of carbonyl (C=O) groups is 1. The number of hydrogen-bond acceptors (Lipinski definition) is 3. The molecule has 0 amide bonds. The summed E-state index contributed by atoms with van der Waals surface area (Å²) >= 11 is 0. The minimum atomic E-state index is -0.112. The van der Waals surface area contributed by atoms with Crippen molar-refractivity contribution in [1.82, 2.24) is 0 Å². The zero-order chi connectivity index (χ0) is 14.2. The number of hydrogen-bond donors (Lipinski definition) is 1. The third-order valence-electron chi connectivity index (χ3n) is 2.67. The second-order valence-electron chi connectivity index (χ2n) is 4.24. The van der Waals surface area contributed by atoms with Crippen LogP contribution in [0, 0.1) is 23.7 Å². The highest BCUT2D eigenvalue weighted by molar-refractivity contribution is 5.68. The first kappa shape index (κ1) is 17.6. The van der Waals surface area contributed by atoms with Gasteiger partial charge in [-0.1, -0.05) is 43.4 Å². The van der Waals surface area contributed by atoms with Crippen molar-refractivity contribution in [3.8, 4) is 23.7 Å². The summed E-state index contributed by atoms with van der Waals surface area (Å²) in [4.78, 5) is 10.9. The Morgan fingerprint density at radius 2 is 1.58 bits per heavy atom. The molecule has 0 atom stereocenters. The number of unbranched alkanes of at least 4 members (excludes halogenated alkanes) is 6. The van der Waals surface area contributed by atoms with Crippen molar-refractivity contribution in [3.63, 3.8) is 0 Å². The summed E-state index contributed by atoms with van der Waals surface area (Å²) in [6, 6.07) is 0. The molecule has 0 spiro atoms. The normalized spacial score (nSPS) is 8.95. The Morgan fingerprint density at radius 3 is 2.26 bits per heavy atom. The first-order valence-corrected chi connectivity index (χ1v) is 6.90. The van der Waals surface area contributed by atoms with E-state index in [4.69, 9.17) is 5.11 Å². The van der Waals surface area contributed by atoms with Gasteiger partial charge >= 0.3 is 5.97 Å². The van der Waals surface area contributed by atoms with E-state index < -0.39 is 0 Å². The van der Waals surface area contributed by atoms with E-state index in [1.54, 1.807) is 0 Å². The van der Waals surface area contributed by atoms with E-state index >= 15 is 0 Å². The summed E-state index contributed by atoms with van der Waals surface area (Å²) in [6.07, 6.45) is 8.72. The molecule has 0 bridgehead atoms. The third-order valence-corrected chi connectivity index (χ3v) is 2.67. The third kappa shape index (κ3) is 14.5. The molecule has 0 aliphatic heterocycles. The summed E-state index contributed by atoms with van der Waals surface area (Å²) in [7, 11) is 1.43. The zero-order valence-corrected chi connectivity index (χ0v) is 11.8. The largest absolute Gasteiger partial charge is 0.469 e. The van der Waals surface area contributed by atoms with Crippen LogP contribution in [0.15, 0.2) is 0 Å². The molecule has 0 aliphatic rings. The maximum atomic E-state index is 10.9. The maximum Gasteiger partial charge on any atom is 0.305 e. The summed E-state index contributed by atoms with van der Waals surface area (Å²) in [6.45, 7) is -0.0857. The number of aliphatic hydroxyl groups excluding tert-OH is 1. The van der Waals surface area contributed by atoms with Crippen molar-refractivity contribution in [1.29, 1.82) is 0 Å². The quantitative estimate of drug-likeness (QED) is 0.416. The molecule has 3 nitrogen and oxygen atoms in total. The Bertz CT molecular complexity index is 338. The summed E-state index contributed by atoms with van der Waals surface area (Å²) in [5.41, 5.74) is 0. The second kappa shape index (κ2) is 14.6. The lowest BCUT2D eigenvalue weighted by Crippen LogP contribution is -1.99. The predicted octanol–water partition coefficient (Wildman–Crippen LogP) is 2.67. The van der Waals surface area contributed by atoms with Crippen LogP contribution < -0.4 is 0 Å². The van der Waals surface area contributed by atoms with Crippen LogP contribution in [0.25, 0.3) is 0 Å². The maximum absolute atomic E-state index is 10.9. The van der Waals surface area contributed by atoms with Crippen LogP contribution in [0.2, 0.25) is 0 Å². The fourth-order valence-corrected chi connectivity index (χ4v) is 1.61. The van der Waals surface area contributed by atoms with Gasteiger partial charge in [0, 0.05) is 12.8 Å². The molecule has 0 fully saturated rings. The van der Waals surface area contributed by atoms with Gasteiger partial charge in [-0.15, -0.1) is 5.92 Å². The highest BCUT2D eigenvalue weighted by Crippen LogP contribution is 2.08. The van der Waals surface area contributed by atoms with Gasteiger partial charge in [0.2, 0.25) is 0 Å². The van der Waals surface area contributed by atoms with Crippen LogP contribution in [0.3, 0.4) is 0 Å². The Morgan fingerprint density at radius 1 is 0.947 bits per heavy atom. The Balaban J connectivity index is 3.21. The van der Waals surface area contributed by atoms with Crippen LogP contribution in [0.5, 0.6) is 0 Å². The molecule has 0 saturated heterocycles. The number of aliphatic hydroxyl groups is 1. The van der Waals surface area contributed by atoms with E-state index in [-0.39, 0.29) is 12.6 Å². The smallest absolute Gasteiger partial charge is 0.305 e. The molecule has 19 heavy (non-hydrogen) atoms. The van der Waals surface area contributed by atoms with Crippen molar-refractivity contribution in [2.75, 3.05) is 13.7 Å². The standard InChI is InChI=1S/C16H24O3/c1-19-16(18)14-12-10-8-6-4-2-3-5-7-9-11-13-15-17/h17H,2-4,6,8-10,12,14-15H2,1H3. The minimum Gasteiger partial charge on any atom is -0.469 e. The molecule has 0 heterocycles. The fourth-order valence-electron chi connectivity index (χ4n) is 1.61. The van der Waals surface area contributed by atoms with Gasteiger partial charge in [-0.25, -0.2) is 0 Å². The molecule has 1 N–H and O–H groups in total. The van der Waals surface area contributed by atoms with Gasteiger partial charge in [-0.3, -0.25) is 4.79 Å². The lowest BCUT2D eigenvalue weighted by atomic mass is 10.1. The van der Waals surface area contributed by atoms with Crippen LogP contribution >= 0.6 is 0 Å². The van der Waals surface area contributed by atoms with Gasteiger partial charge in [-0.2, -0.15) is 0 Å². The molecule has 0 unspecified atom stereocenters. The van der Waals surface area contributed by atoms with Crippen molar-refractivity contribution in [3.05, 3.63) is 0 Å². The number of esters is 1. The average molecular weight is 264 g/mol. The second-order valence-corrected chi connectivity index (χ2v) is 4.24. The van der Waals surface area contributed by atoms with E-state index in [2.05, 4.69) is 28.4 Å². The molecule has 0 aromatic carbocycles. The van der Waals surface area contributed by atoms with E-state index in [9.17, 15) is 4.79 Å². The van der Waals surface area contributed by atoms with Crippen molar-refractivity contribution < 1.29 is 14.6 Å². The van der Waals surface area contributed by atoms with Gasteiger partial charge in [0.15, 0.2) is 0 Å². The van der Waals surface area contributed by atoms with Crippen molar-refractivity contribution >= 4 is 5.97 Å². The molecule has 0 saturated carbocycles. The molecule has 0 rings (SSSR count). The topological polar surface area (TPSA) is 46.5 Å². The van der Waals surface area contributed by atoms with Gasteiger partial charge < -0.3 is 9.84 Å². The molecule has 0 aromatic rings. The fraction of sp³-hybridized carbons (Fsp3) is 0.688. The number of rotatable bonds is 8. The van der Waals surface area contributed by atoms with Crippen LogP contribution in [0.4, 0.5) is 0 Å². The molecule has 0 aromatic heterocycles. The van der Waals surface area contributed by atoms with Gasteiger partial charge in [0.25, 0.3) is 0 Å².